The number of rotatable bonds is 10. The van der Waals surface area contributed by atoms with Gasteiger partial charge in [0, 0.05) is 11.8 Å². The van der Waals surface area contributed by atoms with Crippen molar-refractivity contribution in [3.05, 3.63) is 35.4 Å². The Bertz CT molecular complexity index is 467. The number of hydrogen-bond acceptors (Lipinski definition) is 4. The first kappa shape index (κ1) is 23.1. The van der Waals surface area contributed by atoms with Gasteiger partial charge >= 0.3 is 0 Å². The van der Waals surface area contributed by atoms with Gasteiger partial charge in [-0.15, -0.1) is 0 Å². The maximum Gasteiger partial charge on any atom is 0.0888 e. The minimum atomic E-state index is 0.0973. The highest BCUT2D eigenvalue weighted by Crippen LogP contribution is 2.27. The molecule has 1 rings (SSSR count). The molecule has 0 N–H and O–H groups in total. The van der Waals surface area contributed by atoms with Gasteiger partial charge in [0.2, 0.25) is 0 Å². The highest BCUT2D eigenvalue weighted by atomic mass is 17.2. The van der Waals surface area contributed by atoms with Crippen LogP contribution in [0.1, 0.15) is 78.4 Å². The van der Waals surface area contributed by atoms with Crippen LogP contribution in [-0.2, 0) is 19.6 Å². The van der Waals surface area contributed by atoms with E-state index in [1.807, 2.05) is 0 Å². The third kappa shape index (κ3) is 9.67. The normalized spacial score (nSPS) is 15.1. The molecule has 150 valence electrons. The zero-order chi connectivity index (χ0) is 19.8. The molecule has 0 fully saturated rings. The van der Waals surface area contributed by atoms with E-state index in [1.54, 1.807) is 0 Å². The van der Waals surface area contributed by atoms with E-state index in [2.05, 4.69) is 79.7 Å². The van der Waals surface area contributed by atoms with E-state index in [1.165, 1.54) is 11.1 Å². The lowest BCUT2D eigenvalue weighted by atomic mass is 9.90. The van der Waals surface area contributed by atoms with Gasteiger partial charge in [0.15, 0.2) is 0 Å². The summed E-state index contributed by atoms with van der Waals surface area (Å²) in [7, 11) is 0. The van der Waals surface area contributed by atoms with Crippen LogP contribution in [0.3, 0.4) is 0 Å². The van der Waals surface area contributed by atoms with Gasteiger partial charge in [-0.3, -0.25) is 0 Å². The lowest BCUT2D eigenvalue weighted by Crippen LogP contribution is -2.18. The smallest absolute Gasteiger partial charge is 0.0888 e. The van der Waals surface area contributed by atoms with Crippen molar-refractivity contribution >= 4 is 0 Å². The summed E-state index contributed by atoms with van der Waals surface area (Å²) in [5.74, 6) is 0.480. The van der Waals surface area contributed by atoms with Crippen molar-refractivity contribution in [2.75, 3.05) is 26.4 Å². The van der Waals surface area contributed by atoms with Gasteiger partial charge in [0.1, 0.15) is 0 Å². The van der Waals surface area contributed by atoms with E-state index < -0.39 is 0 Å². The topological polar surface area (TPSA) is 36.9 Å². The lowest BCUT2D eigenvalue weighted by Gasteiger charge is -2.22. The minimum absolute atomic E-state index is 0.0973. The van der Waals surface area contributed by atoms with Gasteiger partial charge in [-0.05, 0) is 22.0 Å². The van der Waals surface area contributed by atoms with Crippen LogP contribution in [0.5, 0.6) is 0 Å². The summed E-state index contributed by atoms with van der Waals surface area (Å²) >= 11 is 0. The summed E-state index contributed by atoms with van der Waals surface area (Å²) in [4.78, 5) is 21.6. The van der Waals surface area contributed by atoms with Crippen molar-refractivity contribution in [1.29, 1.82) is 0 Å². The fraction of sp³-hybridized carbons (Fsp3) is 0.727. The molecular formula is C22H38O4. The third-order valence-corrected chi connectivity index (χ3v) is 3.84. The molecule has 2 atom stereocenters. The second-order valence-electron chi connectivity index (χ2n) is 9.65. The Kier molecular flexibility index (Phi) is 9.25. The summed E-state index contributed by atoms with van der Waals surface area (Å²) in [6.45, 7) is 19.3. The molecular weight excluding hydrogens is 328 g/mol. The summed E-state index contributed by atoms with van der Waals surface area (Å²) in [6, 6.07) is 8.43. The second-order valence-corrected chi connectivity index (χ2v) is 9.65. The first-order chi connectivity index (χ1) is 12.0. The Morgan fingerprint density at radius 3 is 1.31 bits per heavy atom. The molecule has 0 radical (unpaired) electrons. The van der Waals surface area contributed by atoms with Gasteiger partial charge in [-0.1, -0.05) is 79.7 Å². The molecule has 1 aromatic carbocycles. The minimum Gasteiger partial charge on any atom is -0.236 e. The summed E-state index contributed by atoms with van der Waals surface area (Å²) in [5.41, 5.74) is 2.72. The molecule has 4 heteroatoms. The molecule has 0 spiro atoms. The third-order valence-electron chi connectivity index (χ3n) is 3.84. The maximum absolute atomic E-state index is 5.44. The van der Waals surface area contributed by atoms with E-state index in [0.717, 1.165) is 0 Å². The zero-order valence-electron chi connectivity index (χ0n) is 17.9. The van der Waals surface area contributed by atoms with Crippen LogP contribution in [0.4, 0.5) is 0 Å². The van der Waals surface area contributed by atoms with Gasteiger partial charge < -0.3 is 0 Å². The summed E-state index contributed by atoms with van der Waals surface area (Å²) in [5, 5.41) is 0. The predicted octanol–water partition coefficient (Wildman–Crippen LogP) is 5.88. The molecule has 1 aromatic rings. The second kappa shape index (κ2) is 10.4. The Labute approximate surface area is 160 Å². The Morgan fingerprint density at radius 1 is 0.654 bits per heavy atom. The number of hydrogen-bond donors (Lipinski definition) is 0. The molecule has 2 unspecified atom stereocenters. The average molecular weight is 367 g/mol. The van der Waals surface area contributed by atoms with Gasteiger partial charge in [-0.25, -0.2) is 19.6 Å². The fourth-order valence-electron chi connectivity index (χ4n) is 2.33. The van der Waals surface area contributed by atoms with E-state index in [9.17, 15) is 0 Å². The quantitative estimate of drug-likeness (QED) is 0.294. The highest BCUT2D eigenvalue weighted by molar-refractivity contribution is 5.32. The SMILES string of the molecule is CC(COOCC(C)(C)C)c1ccccc1C(C)COOCC(C)(C)C. The van der Waals surface area contributed by atoms with Crippen molar-refractivity contribution in [3.63, 3.8) is 0 Å². The van der Waals surface area contributed by atoms with Crippen molar-refractivity contribution in [1.82, 2.24) is 0 Å². The Hall–Kier alpha value is -0.940. The molecule has 0 saturated heterocycles. The Balaban J connectivity index is 2.54. The van der Waals surface area contributed by atoms with Crippen molar-refractivity contribution in [2.45, 2.75) is 67.2 Å². The van der Waals surface area contributed by atoms with Crippen LogP contribution in [0.2, 0.25) is 0 Å². The first-order valence-electron chi connectivity index (χ1n) is 9.57. The van der Waals surface area contributed by atoms with Crippen LogP contribution < -0.4 is 0 Å². The van der Waals surface area contributed by atoms with E-state index >= 15 is 0 Å². The molecule has 0 aromatic heterocycles. The highest BCUT2D eigenvalue weighted by Gasteiger charge is 2.18. The van der Waals surface area contributed by atoms with Crippen molar-refractivity contribution < 1.29 is 19.6 Å². The molecule has 0 heterocycles. The van der Waals surface area contributed by atoms with Crippen LogP contribution in [-0.4, -0.2) is 26.4 Å². The molecule has 0 amide bonds. The van der Waals surface area contributed by atoms with Crippen LogP contribution >= 0.6 is 0 Å². The van der Waals surface area contributed by atoms with E-state index in [-0.39, 0.29) is 22.7 Å². The summed E-state index contributed by atoms with van der Waals surface area (Å²) in [6.07, 6.45) is 0. The summed E-state index contributed by atoms with van der Waals surface area (Å²) < 4.78 is 0. The van der Waals surface area contributed by atoms with Gasteiger partial charge in [0.05, 0.1) is 26.4 Å². The molecule has 0 saturated carbocycles. The predicted molar refractivity (Wildman–Crippen MR) is 106 cm³/mol. The van der Waals surface area contributed by atoms with Crippen molar-refractivity contribution in [3.8, 4) is 0 Å². The van der Waals surface area contributed by atoms with Gasteiger partial charge in [-0.2, -0.15) is 0 Å². The maximum atomic E-state index is 5.44. The largest absolute Gasteiger partial charge is 0.236 e. The van der Waals surface area contributed by atoms with E-state index in [4.69, 9.17) is 19.6 Å². The van der Waals surface area contributed by atoms with Gasteiger partial charge in [0.25, 0.3) is 0 Å². The lowest BCUT2D eigenvalue weighted by molar-refractivity contribution is -0.309. The number of benzene rings is 1. The van der Waals surface area contributed by atoms with Crippen LogP contribution in [0.15, 0.2) is 24.3 Å². The average Bonchev–Trinajstić information content (AvgIpc) is 2.53. The first-order valence-corrected chi connectivity index (χ1v) is 9.57. The monoisotopic (exact) mass is 366 g/mol. The zero-order valence-corrected chi connectivity index (χ0v) is 17.9. The van der Waals surface area contributed by atoms with Crippen LogP contribution in [0, 0.1) is 10.8 Å². The standard InChI is InChI=1S/C22H38O4/c1-17(13-23-25-15-21(3,4)5)19-11-9-10-12-20(19)18(2)14-24-26-16-22(6,7)8/h9-12,17-18H,13-16H2,1-8H3. The molecule has 0 aliphatic heterocycles. The van der Waals surface area contributed by atoms with E-state index in [0.29, 0.717) is 26.4 Å². The molecule has 0 aliphatic rings. The van der Waals surface area contributed by atoms with Crippen LogP contribution in [0.25, 0.3) is 0 Å². The molecule has 0 bridgehead atoms. The Morgan fingerprint density at radius 2 is 1.00 bits per heavy atom. The van der Waals surface area contributed by atoms with Crippen molar-refractivity contribution in [2.24, 2.45) is 10.8 Å². The molecule has 0 aliphatic carbocycles. The molecule has 4 nitrogen and oxygen atoms in total. The molecule has 26 heavy (non-hydrogen) atoms. The fourth-order valence-corrected chi connectivity index (χ4v) is 2.33.